The number of nitrogens with one attached hydrogen (secondary N) is 1. The molecule has 1 amide bonds. The first-order chi connectivity index (χ1) is 9.60. The lowest BCUT2D eigenvalue weighted by molar-refractivity contribution is -0.123. The summed E-state index contributed by atoms with van der Waals surface area (Å²) in [5, 5.41) is 12.2. The third-order valence-electron chi connectivity index (χ3n) is 4.90. The van der Waals surface area contributed by atoms with Crippen LogP contribution in [0.2, 0.25) is 0 Å². The molecule has 0 radical (unpaired) electrons. The first kappa shape index (κ1) is 14.1. The van der Waals surface area contributed by atoms with Crippen molar-refractivity contribution in [2.45, 2.75) is 44.1 Å². The maximum Gasteiger partial charge on any atom is 0.224 e. The Labute approximate surface area is 127 Å². The van der Waals surface area contributed by atoms with E-state index in [0.717, 1.165) is 30.2 Å². The number of amides is 1. The lowest BCUT2D eigenvalue weighted by atomic mass is 9.95. The molecule has 2 unspecified atom stereocenters. The summed E-state index contributed by atoms with van der Waals surface area (Å²) >= 11 is 3.51. The average Bonchev–Trinajstić information content (AvgIpc) is 3.07. The van der Waals surface area contributed by atoms with E-state index in [1.54, 1.807) is 0 Å². The van der Waals surface area contributed by atoms with Gasteiger partial charge < -0.3 is 10.4 Å². The zero-order valence-electron chi connectivity index (χ0n) is 11.7. The van der Waals surface area contributed by atoms with Gasteiger partial charge in [0.15, 0.2) is 0 Å². The molecular weight excluding hydrogens is 318 g/mol. The highest BCUT2D eigenvalue weighted by atomic mass is 79.9. The minimum Gasteiger partial charge on any atom is -0.394 e. The number of carbonyl (C=O) groups excluding carboxylic acids is 1. The second-order valence-corrected chi connectivity index (χ2v) is 6.93. The van der Waals surface area contributed by atoms with Crippen molar-refractivity contribution in [3.05, 3.63) is 33.8 Å². The zero-order valence-corrected chi connectivity index (χ0v) is 13.2. The molecule has 3 nitrogen and oxygen atoms in total. The van der Waals surface area contributed by atoms with Gasteiger partial charge in [-0.1, -0.05) is 28.9 Å². The molecule has 2 aliphatic rings. The molecule has 0 heterocycles. The van der Waals surface area contributed by atoms with Gasteiger partial charge in [0.2, 0.25) is 5.91 Å². The van der Waals surface area contributed by atoms with Crippen LogP contribution in [0.15, 0.2) is 22.7 Å². The average molecular weight is 338 g/mol. The first-order valence-corrected chi connectivity index (χ1v) is 8.10. The van der Waals surface area contributed by atoms with E-state index < -0.39 is 0 Å². The molecule has 20 heavy (non-hydrogen) atoms. The summed E-state index contributed by atoms with van der Waals surface area (Å²) in [6, 6.07) is 6.32. The zero-order chi connectivity index (χ0) is 14.3. The van der Waals surface area contributed by atoms with Crippen molar-refractivity contribution in [1.29, 1.82) is 0 Å². The quantitative estimate of drug-likeness (QED) is 0.886. The Balaban J connectivity index is 1.75. The molecule has 0 aromatic heterocycles. The van der Waals surface area contributed by atoms with E-state index in [2.05, 4.69) is 39.4 Å². The fraction of sp³-hybridized carbons (Fsp3) is 0.562. The lowest BCUT2D eigenvalue weighted by Gasteiger charge is -2.16. The van der Waals surface area contributed by atoms with E-state index in [4.69, 9.17) is 0 Å². The number of aliphatic hydroxyl groups is 1. The van der Waals surface area contributed by atoms with Crippen molar-refractivity contribution in [2.24, 2.45) is 5.92 Å². The highest BCUT2D eigenvalue weighted by Gasteiger charge is 2.61. The summed E-state index contributed by atoms with van der Waals surface area (Å²) in [4.78, 5) is 12.3. The molecule has 2 aliphatic carbocycles. The fourth-order valence-electron chi connectivity index (χ4n) is 3.55. The second-order valence-electron chi connectivity index (χ2n) is 6.01. The Bertz CT molecular complexity index is 541. The number of benzene rings is 1. The summed E-state index contributed by atoms with van der Waals surface area (Å²) in [6.07, 6.45) is 3.86. The molecule has 108 valence electrons. The van der Waals surface area contributed by atoms with Gasteiger partial charge in [0.25, 0.3) is 0 Å². The number of rotatable bonds is 4. The summed E-state index contributed by atoms with van der Waals surface area (Å²) in [6.45, 7) is 2.00. The molecule has 0 aliphatic heterocycles. The summed E-state index contributed by atoms with van der Waals surface area (Å²) in [7, 11) is 0. The molecule has 1 aromatic rings. The molecule has 3 atom stereocenters. The molecule has 1 aromatic carbocycles. The van der Waals surface area contributed by atoms with Gasteiger partial charge in [-0.3, -0.25) is 4.79 Å². The van der Waals surface area contributed by atoms with Crippen molar-refractivity contribution in [3.8, 4) is 0 Å². The van der Waals surface area contributed by atoms with E-state index in [0.29, 0.717) is 0 Å². The van der Waals surface area contributed by atoms with E-state index in [-0.39, 0.29) is 29.9 Å². The van der Waals surface area contributed by atoms with Crippen LogP contribution in [-0.2, 0) is 16.6 Å². The predicted molar refractivity (Wildman–Crippen MR) is 81.6 cm³/mol. The van der Waals surface area contributed by atoms with Gasteiger partial charge in [0, 0.05) is 15.8 Å². The third kappa shape index (κ3) is 2.19. The fourth-order valence-corrected chi connectivity index (χ4v) is 3.96. The van der Waals surface area contributed by atoms with Crippen LogP contribution in [0.1, 0.15) is 37.3 Å². The number of fused-ring (bicyclic) bond motifs is 2. The van der Waals surface area contributed by atoms with Gasteiger partial charge in [-0.2, -0.15) is 0 Å². The highest BCUT2D eigenvalue weighted by molar-refractivity contribution is 9.10. The van der Waals surface area contributed by atoms with Crippen molar-refractivity contribution in [1.82, 2.24) is 5.32 Å². The predicted octanol–water partition coefficient (Wildman–Crippen LogP) is 2.54. The van der Waals surface area contributed by atoms with Gasteiger partial charge in [-0.25, -0.2) is 0 Å². The molecular formula is C16H20BrNO2. The van der Waals surface area contributed by atoms with Gasteiger partial charge in [-0.05, 0) is 48.9 Å². The largest absolute Gasteiger partial charge is 0.394 e. The SMILES string of the molecule is CC[C@@H](CO)NC(=O)C1CC12CCc1cc(Br)ccc12. The number of aryl methyl sites for hydroxylation is 1. The molecule has 0 bridgehead atoms. The highest BCUT2D eigenvalue weighted by Crippen LogP contribution is 2.61. The van der Waals surface area contributed by atoms with Gasteiger partial charge in [0.05, 0.1) is 12.6 Å². The third-order valence-corrected chi connectivity index (χ3v) is 5.39. The van der Waals surface area contributed by atoms with E-state index in [9.17, 15) is 9.90 Å². The normalized spacial score (nSPS) is 28.2. The Kier molecular flexibility index (Phi) is 3.63. The minimum absolute atomic E-state index is 0.0193. The van der Waals surface area contributed by atoms with Crippen LogP contribution in [0.25, 0.3) is 0 Å². The first-order valence-electron chi connectivity index (χ1n) is 7.31. The van der Waals surface area contributed by atoms with E-state index >= 15 is 0 Å². The summed E-state index contributed by atoms with van der Waals surface area (Å²) in [5.41, 5.74) is 2.81. The van der Waals surface area contributed by atoms with Crippen LogP contribution < -0.4 is 5.32 Å². The Hall–Kier alpha value is -0.870. The van der Waals surface area contributed by atoms with Crippen molar-refractivity contribution >= 4 is 21.8 Å². The van der Waals surface area contributed by atoms with E-state index in [1.165, 1.54) is 11.1 Å². The number of halogens is 1. The molecule has 1 spiro atoms. The van der Waals surface area contributed by atoms with Crippen LogP contribution in [-0.4, -0.2) is 23.7 Å². The molecule has 1 fully saturated rings. The van der Waals surface area contributed by atoms with Crippen LogP contribution in [0.5, 0.6) is 0 Å². The maximum absolute atomic E-state index is 12.3. The Morgan fingerprint density at radius 2 is 2.40 bits per heavy atom. The van der Waals surface area contributed by atoms with Crippen LogP contribution >= 0.6 is 15.9 Å². The van der Waals surface area contributed by atoms with Gasteiger partial charge in [-0.15, -0.1) is 0 Å². The van der Waals surface area contributed by atoms with Crippen molar-refractivity contribution in [3.63, 3.8) is 0 Å². The van der Waals surface area contributed by atoms with Gasteiger partial charge >= 0.3 is 0 Å². The standard InChI is InChI=1S/C16H20BrNO2/c1-2-12(9-19)18-15(20)14-8-16(14)6-5-10-7-11(17)3-4-13(10)16/h3-4,7,12,14,19H,2,5-6,8-9H2,1H3,(H,18,20)/t12-,14?,16?/m0/s1. The smallest absolute Gasteiger partial charge is 0.224 e. The summed E-state index contributed by atoms with van der Waals surface area (Å²) in [5.74, 6) is 0.201. The monoisotopic (exact) mass is 337 g/mol. The maximum atomic E-state index is 12.3. The van der Waals surface area contributed by atoms with Crippen LogP contribution in [0.4, 0.5) is 0 Å². The van der Waals surface area contributed by atoms with E-state index in [1.807, 2.05) is 6.92 Å². The number of aliphatic hydroxyl groups excluding tert-OH is 1. The number of hydrogen-bond donors (Lipinski definition) is 2. The molecule has 3 rings (SSSR count). The molecule has 2 N–H and O–H groups in total. The Morgan fingerprint density at radius 1 is 1.60 bits per heavy atom. The van der Waals surface area contributed by atoms with Gasteiger partial charge in [0.1, 0.15) is 0 Å². The molecule has 1 saturated carbocycles. The van der Waals surface area contributed by atoms with Crippen molar-refractivity contribution < 1.29 is 9.90 Å². The van der Waals surface area contributed by atoms with Crippen LogP contribution in [0.3, 0.4) is 0 Å². The summed E-state index contributed by atoms with van der Waals surface area (Å²) < 4.78 is 1.11. The lowest BCUT2D eigenvalue weighted by Crippen LogP contribution is -2.39. The second kappa shape index (κ2) is 5.15. The number of carbonyl (C=O) groups is 1. The topological polar surface area (TPSA) is 49.3 Å². The molecule has 4 heteroatoms. The Morgan fingerprint density at radius 3 is 3.10 bits per heavy atom. The van der Waals surface area contributed by atoms with Crippen molar-refractivity contribution in [2.75, 3.05) is 6.61 Å². The molecule has 0 saturated heterocycles. The number of hydrogen-bond acceptors (Lipinski definition) is 2. The van der Waals surface area contributed by atoms with Crippen LogP contribution in [0, 0.1) is 5.92 Å². The minimum atomic E-state index is -0.106.